The van der Waals surface area contributed by atoms with Crippen LogP contribution < -0.4 is 5.32 Å². The van der Waals surface area contributed by atoms with Crippen molar-refractivity contribution >= 4 is 60.7 Å². The third-order valence-electron chi connectivity index (χ3n) is 7.73. The first-order chi connectivity index (χ1) is 18.3. The third kappa shape index (κ3) is 3.52. The number of hydrogen-bond acceptors (Lipinski definition) is 2. The predicted molar refractivity (Wildman–Crippen MR) is 157 cm³/mol. The summed E-state index contributed by atoms with van der Waals surface area (Å²) in [4.78, 5) is 26.5. The second-order valence-corrected chi connectivity index (χ2v) is 10.7. The molecule has 0 fully saturated rings. The van der Waals surface area contributed by atoms with E-state index in [0.717, 1.165) is 54.5 Å². The number of rotatable bonds is 5. The predicted octanol–water partition coefficient (Wildman–Crippen LogP) is 8.93. The van der Waals surface area contributed by atoms with Gasteiger partial charge in [0.25, 0.3) is 5.91 Å². The number of carboxylic acid groups (broad SMARTS) is 1. The fourth-order valence-electron chi connectivity index (χ4n) is 5.98. The maximum absolute atomic E-state index is 14.0. The topological polar surface area (TPSA) is 66.4 Å². The van der Waals surface area contributed by atoms with Crippen LogP contribution in [-0.2, 0) is 0 Å². The Morgan fingerprint density at radius 1 is 0.605 bits per heavy atom. The molecule has 4 heteroatoms. The van der Waals surface area contributed by atoms with Gasteiger partial charge in [0.2, 0.25) is 0 Å². The summed E-state index contributed by atoms with van der Waals surface area (Å²) < 4.78 is 0. The van der Waals surface area contributed by atoms with Crippen LogP contribution in [0.2, 0.25) is 0 Å². The van der Waals surface area contributed by atoms with Gasteiger partial charge in [-0.1, -0.05) is 94.4 Å². The van der Waals surface area contributed by atoms with Gasteiger partial charge < -0.3 is 10.4 Å². The van der Waals surface area contributed by atoms with Gasteiger partial charge >= 0.3 is 5.97 Å². The van der Waals surface area contributed by atoms with Gasteiger partial charge in [0.15, 0.2) is 0 Å². The van der Waals surface area contributed by atoms with Crippen LogP contribution in [0, 0.1) is 0 Å². The van der Waals surface area contributed by atoms with Crippen molar-refractivity contribution < 1.29 is 14.7 Å². The van der Waals surface area contributed by atoms with E-state index in [2.05, 4.69) is 57.3 Å². The van der Waals surface area contributed by atoms with Gasteiger partial charge in [-0.2, -0.15) is 0 Å². The lowest BCUT2D eigenvalue weighted by atomic mass is 9.86. The van der Waals surface area contributed by atoms with Gasteiger partial charge in [-0.3, -0.25) is 4.79 Å². The Hall–Kier alpha value is -4.44. The molecule has 0 heterocycles. The summed E-state index contributed by atoms with van der Waals surface area (Å²) in [6.45, 7) is 8.44. The lowest BCUT2D eigenvalue weighted by Crippen LogP contribution is -2.17. The smallest absolute Gasteiger partial charge is 0.336 e. The number of anilines is 1. The molecule has 0 radical (unpaired) electrons. The number of amides is 1. The number of benzene rings is 6. The monoisotopic (exact) mass is 499 g/mol. The zero-order valence-electron chi connectivity index (χ0n) is 21.9. The summed E-state index contributed by atoms with van der Waals surface area (Å²) in [7, 11) is 0. The lowest BCUT2D eigenvalue weighted by molar-refractivity contribution is 0.0699. The molecule has 6 aromatic carbocycles. The highest BCUT2D eigenvalue weighted by atomic mass is 16.4. The minimum absolute atomic E-state index is 0.128. The van der Waals surface area contributed by atoms with E-state index in [0.29, 0.717) is 10.9 Å². The van der Waals surface area contributed by atoms with Crippen LogP contribution in [0.1, 0.15) is 71.4 Å². The normalized spacial score (nSPS) is 11.9. The first kappa shape index (κ1) is 23.9. The van der Waals surface area contributed by atoms with Crippen LogP contribution in [0.15, 0.2) is 78.9 Å². The largest absolute Gasteiger partial charge is 0.478 e. The van der Waals surface area contributed by atoms with Crippen molar-refractivity contribution in [2.75, 3.05) is 5.32 Å². The third-order valence-corrected chi connectivity index (χ3v) is 7.73. The maximum Gasteiger partial charge on any atom is 0.336 e. The molecule has 6 rings (SSSR count). The molecule has 0 atom stereocenters. The van der Waals surface area contributed by atoms with Gasteiger partial charge in [-0.25, -0.2) is 4.79 Å². The minimum atomic E-state index is -1.05. The summed E-state index contributed by atoms with van der Waals surface area (Å²) in [5.41, 5.74) is 3.43. The van der Waals surface area contributed by atoms with Crippen LogP contribution in [0.4, 0.5) is 5.69 Å². The van der Waals surface area contributed by atoms with Gasteiger partial charge in [0, 0.05) is 16.6 Å². The molecular weight excluding hydrogens is 470 g/mol. The van der Waals surface area contributed by atoms with E-state index in [1.807, 2.05) is 42.5 Å². The van der Waals surface area contributed by atoms with E-state index >= 15 is 0 Å². The maximum atomic E-state index is 14.0. The molecule has 1 amide bonds. The van der Waals surface area contributed by atoms with E-state index in [1.165, 1.54) is 0 Å². The Morgan fingerprint density at radius 3 is 1.63 bits per heavy atom. The van der Waals surface area contributed by atoms with E-state index in [1.54, 1.807) is 12.1 Å². The van der Waals surface area contributed by atoms with Crippen molar-refractivity contribution in [2.24, 2.45) is 0 Å². The van der Waals surface area contributed by atoms with Crippen molar-refractivity contribution in [1.29, 1.82) is 0 Å². The summed E-state index contributed by atoms with van der Waals surface area (Å²) in [6, 6.07) is 25.8. The molecule has 0 aliphatic carbocycles. The van der Waals surface area contributed by atoms with Crippen molar-refractivity contribution in [3.05, 3.63) is 101 Å². The zero-order chi connectivity index (χ0) is 26.7. The molecule has 0 aromatic heterocycles. The highest BCUT2D eigenvalue weighted by molar-refractivity contribution is 6.36. The first-order valence-corrected chi connectivity index (χ1v) is 13.1. The fourth-order valence-corrected chi connectivity index (χ4v) is 5.98. The van der Waals surface area contributed by atoms with Gasteiger partial charge in [0.05, 0.1) is 5.56 Å². The van der Waals surface area contributed by atoms with E-state index < -0.39 is 5.97 Å². The minimum Gasteiger partial charge on any atom is -0.478 e. The lowest BCUT2D eigenvalue weighted by Gasteiger charge is -2.21. The quantitative estimate of drug-likeness (QED) is 0.184. The molecule has 0 spiro atoms. The number of carbonyl (C=O) groups excluding carboxylic acids is 1. The summed E-state index contributed by atoms with van der Waals surface area (Å²) in [5.74, 6) is -0.924. The average molecular weight is 500 g/mol. The van der Waals surface area contributed by atoms with Crippen molar-refractivity contribution in [3.8, 4) is 0 Å². The van der Waals surface area contributed by atoms with Crippen molar-refractivity contribution in [2.45, 2.75) is 39.5 Å². The van der Waals surface area contributed by atoms with E-state index in [-0.39, 0.29) is 23.3 Å². The number of nitrogens with one attached hydrogen (secondary N) is 1. The molecule has 6 aromatic rings. The zero-order valence-corrected chi connectivity index (χ0v) is 21.9. The molecule has 0 saturated carbocycles. The number of para-hydroxylation sites is 1. The molecule has 4 nitrogen and oxygen atoms in total. The van der Waals surface area contributed by atoms with Crippen LogP contribution in [0.5, 0.6) is 0 Å². The molecule has 38 heavy (non-hydrogen) atoms. The first-order valence-electron chi connectivity index (χ1n) is 13.1. The van der Waals surface area contributed by atoms with Gasteiger partial charge in [-0.05, 0) is 72.8 Å². The Morgan fingerprint density at radius 2 is 1.11 bits per heavy atom. The second kappa shape index (κ2) is 8.84. The fraction of sp³-hybridized carbons (Fsp3) is 0.176. The number of carboxylic acids is 1. The Kier molecular flexibility index (Phi) is 5.57. The Bertz CT molecular complexity index is 1820. The van der Waals surface area contributed by atoms with Gasteiger partial charge in [0.1, 0.15) is 0 Å². The average Bonchev–Trinajstić information content (AvgIpc) is 2.90. The molecular formula is C34H29NO3. The number of aromatic carboxylic acids is 1. The summed E-state index contributed by atoms with van der Waals surface area (Å²) in [6.07, 6.45) is 0. The van der Waals surface area contributed by atoms with Gasteiger partial charge in [-0.15, -0.1) is 0 Å². The number of carbonyl (C=O) groups is 2. The van der Waals surface area contributed by atoms with E-state index in [9.17, 15) is 14.7 Å². The second-order valence-electron chi connectivity index (χ2n) is 10.7. The Labute approximate surface area is 221 Å². The van der Waals surface area contributed by atoms with E-state index in [4.69, 9.17) is 0 Å². The standard InChI is InChI=1S/C34H29NO3/c1-18(2)21-10-7-11-22(19(3)4)32(21)35-33(36)27-16-14-25-23-12-5-8-20-9-6-13-24(29(20)23)26-15-17-28(34(37)38)31(27)30(25)26/h5-19H,1-4H3,(H,35,36)(H,37,38). The molecule has 0 bridgehead atoms. The highest BCUT2D eigenvalue weighted by Gasteiger charge is 2.24. The summed E-state index contributed by atoms with van der Waals surface area (Å²) >= 11 is 0. The van der Waals surface area contributed by atoms with Crippen LogP contribution in [-0.4, -0.2) is 17.0 Å². The molecule has 0 aliphatic heterocycles. The number of hydrogen-bond donors (Lipinski definition) is 2. The van der Waals surface area contributed by atoms with Crippen LogP contribution >= 0.6 is 0 Å². The number of fused-ring (bicyclic) bond motifs is 2. The van der Waals surface area contributed by atoms with Crippen molar-refractivity contribution in [1.82, 2.24) is 0 Å². The molecule has 0 aliphatic rings. The van der Waals surface area contributed by atoms with Crippen LogP contribution in [0.25, 0.3) is 43.1 Å². The molecule has 0 saturated heterocycles. The van der Waals surface area contributed by atoms with Crippen LogP contribution in [0.3, 0.4) is 0 Å². The molecule has 0 unspecified atom stereocenters. The Balaban J connectivity index is 1.66. The van der Waals surface area contributed by atoms with Crippen molar-refractivity contribution in [3.63, 3.8) is 0 Å². The SMILES string of the molecule is CC(C)c1cccc(C(C)C)c1NC(=O)c1ccc2c3cccc4cccc(c5ccc(C(=O)O)c1c52)c43. The molecule has 188 valence electrons. The highest BCUT2D eigenvalue weighted by Crippen LogP contribution is 2.42. The summed E-state index contributed by atoms with van der Waals surface area (Å²) in [5, 5.41) is 21.0. The molecule has 2 N–H and O–H groups in total.